The van der Waals surface area contributed by atoms with E-state index in [1.54, 1.807) is 0 Å². The van der Waals surface area contributed by atoms with Crippen molar-refractivity contribution >= 4 is 11.8 Å². The fraction of sp³-hybridized carbons (Fsp3) is 0.667. The van der Waals surface area contributed by atoms with Gasteiger partial charge in [-0.25, -0.2) is 9.37 Å². The van der Waals surface area contributed by atoms with Crippen LogP contribution < -0.4 is 10.2 Å². The van der Waals surface area contributed by atoms with Crippen molar-refractivity contribution < 1.29 is 9.50 Å². The Hall–Kier alpha value is -1.43. The molecule has 0 radical (unpaired) electrons. The van der Waals surface area contributed by atoms with E-state index < -0.39 is 5.82 Å². The lowest BCUT2D eigenvalue weighted by Gasteiger charge is -2.30. The summed E-state index contributed by atoms with van der Waals surface area (Å²) in [6.45, 7) is 4.07. The number of nitrogens with zero attached hydrogens (tertiary/aromatic N) is 3. The average molecular weight is 254 g/mol. The molecule has 1 aromatic heterocycles. The van der Waals surface area contributed by atoms with Gasteiger partial charge in [-0.15, -0.1) is 0 Å². The summed E-state index contributed by atoms with van der Waals surface area (Å²) < 4.78 is 13.7. The largest absolute Gasteiger partial charge is 0.393 e. The van der Waals surface area contributed by atoms with Crippen molar-refractivity contribution in [3.8, 4) is 0 Å². The van der Waals surface area contributed by atoms with Crippen molar-refractivity contribution in [3.63, 3.8) is 0 Å². The van der Waals surface area contributed by atoms with Crippen molar-refractivity contribution in [2.45, 2.75) is 32.3 Å². The number of aliphatic hydroxyl groups excluding tert-OH is 1. The summed E-state index contributed by atoms with van der Waals surface area (Å²) in [5, 5.41) is 12.5. The summed E-state index contributed by atoms with van der Waals surface area (Å²) >= 11 is 0. The van der Waals surface area contributed by atoms with Crippen LogP contribution in [0.15, 0.2) is 6.20 Å². The molecule has 6 heteroatoms. The summed E-state index contributed by atoms with van der Waals surface area (Å²) in [6.07, 6.45) is 3.20. The number of nitrogens with one attached hydrogen (secondary N) is 1. The molecule has 1 saturated heterocycles. The Balaban J connectivity index is 2.10. The van der Waals surface area contributed by atoms with E-state index in [0.29, 0.717) is 37.7 Å². The summed E-state index contributed by atoms with van der Waals surface area (Å²) in [4.78, 5) is 9.98. The van der Waals surface area contributed by atoms with Gasteiger partial charge in [-0.1, -0.05) is 6.92 Å². The zero-order chi connectivity index (χ0) is 13.0. The van der Waals surface area contributed by atoms with Gasteiger partial charge in [0.15, 0.2) is 11.6 Å². The molecule has 2 heterocycles. The monoisotopic (exact) mass is 254 g/mol. The third-order valence-corrected chi connectivity index (χ3v) is 3.02. The molecule has 2 rings (SSSR count). The predicted molar refractivity (Wildman–Crippen MR) is 68.2 cm³/mol. The summed E-state index contributed by atoms with van der Waals surface area (Å²) in [5.74, 6) is 0.378. The second kappa shape index (κ2) is 5.95. The Morgan fingerprint density at radius 1 is 1.50 bits per heavy atom. The van der Waals surface area contributed by atoms with Crippen LogP contribution in [0.3, 0.4) is 0 Å². The standard InChI is InChI=1S/C12H19FN4O/c1-2-5-14-12-15-8-10(13)11(16-12)17-6-3-9(18)4-7-17/h8-9,18H,2-7H2,1H3,(H,14,15,16). The first-order chi connectivity index (χ1) is 8.70. The van der Waals surface area contributed by atoms with Crippen molar-refractivity contribution in [1.29, 1.82) is 0 Å². The van der Waals surface area contributed by atoms with Crippen LogP contribution in [0.2, 0.25) is 0 Å². The van der Waals surface area contributed by atoms with Crippen LogP contribution in [0.4, 0.5) is 16.2 Å². The van der Waals surface area contributed by atoms with Crippen molar-refractivity contribution in [2.24, 2.45) is 0 Å². The first-order valence-corrected chi connectivity index (χ1v) is 6.40. The number of rotatable bonds is 4. The maximum Gasteiger partial charge on any atom is 0.224 e. The molecule has 0 aromatic carbocycles. The minimum absolute atomic E-state index is 0.274. The van der Waals surface area contributed by atoms with Gasteiger partial charge in [0.05, 0.1) is 12.3 Å². The van der Waals surface area contributed by atoms with Crippen molar-refractivity contribution in [3.05, 3.63) is 12.0 Å². The number of aromatic nitrogens is 2. The summed E-state index contributed by atoms with van der Waals surface area (Å²) in [5.41, 5.74) is 0. The van der Waals surface area contributed by atoms with E-state index in [2.05, 4.69) is 15.3 Å². The molecule has 0 atom stereocenters. The Bertz CT molecular complexity index is 394. The average Bonchev–Trinajstić information content (AvgIpc) is 2.39. The quantitative estimate of drug-likeness (QED) is 0.850. The highest BCUT2D eigenvalue weighted by Crippen LogP contribution is 2.21. The lowest BCUT2D eigenvalue weighted by Crippen LogP contribution is -2.37. The number of aliphatic hydroxyl groups is 1. The number of hydrogen-bond acceptors (Lipinski definition) is 5. The number of piperidine rings is 1. The van der Waals surface area contributed by atoms with Crippen LogP contribution in [0.1, 0.15) is 26.2 Å². The predicted octanol–water partition coefficient (Wildman–Crippen LogP) is 1.40. The molecule has 0 unspecified atom stereocenters. The SMILES string of the molecule is CCCNc1ncc(F)c(N2CCC(O)CC2)n1. The Morgan fingerprint density at radius 3 is 2.89 bits per heavy atom. The van der Waals surface area contributed by atoms with Gasteiger partial charge in [0.2, 0.25) is 5.95 Å². The van der Waals surface area contributed by atoms with Gasteiger partial charge >= 0.3 is 0 Å². The molecule has 0 saturated carbocycles. The molecule has 2 N–H and O–H groups in total. The molecule has 1 aliphatic rings. The smallest absolute Gasteiger partial charge is 0.224 e. The van der Waals surface area contributed by atoms with Crippen LogP contribution in [0, 0.1) is 5.82 Å². The molecule has 1 fully saturated rings. The number of halogens is 1. The minimum Gasteiger partial charge on any atom is -0.393 e. The summed E-state index contributed by atoms with van der Waals surface area (Å²) in [7, 11) is 0. The molecule has 0 bridgehead atoms. The maximum absolute atomic E-state index is 13.7. The third-order valence-electron chi connectivity index (χ3n) is 3.02. The highest BCUT2D eigenvalue weighted by Gasteiger charge is 2.21. The van der Waals surface area contributed by atoms with Gasteiger partial charge in [0.1, 0.15) is 0 Å². The van der Waals surface area contributed by atoms with E-state index in [-0.39, 0.29) is 6.10 Å². The second-order valence-corrected chi connectivity index (χ2v) is 4.51. The van der Waals surface area contributed by atoms with Crippen LogP contribution in [0.25, 0.3) is 0 Å². The fourth-order valence-corrected chi connectivity index (χ4v) is 1.98. The zero-order valence-corrected chi connectivity index (χ0v) is 10.6. The van der Waals surface area contributed by atoms with E-state index in [9.17, 15) is 9.50 Å². The first kappa shape index (κ1) is 13.0. The number of anilines is 2. The van der Waals surface area contributed by atoms with Gasteiger partial charge in [-0.2, -0.15) is 4.98 Å². The minimum atomic E-state index is -0.409. The van der Waals surface area contributed by atoms with Gasteiger partial charge in [-0.05, 0) is 19.3 Å². The Morgan fingerprint density at radius 2 is 2.22 bits per heavy atom. The van der Waals surface area contributed by atoms with Gasteiger partial charge in [0.25, 0.3) is 0 Å². The molecule has 0 amide bonds. The third kappa shape index (κ3) is 3.07. The van der Waals surface area contributed by atoms with E-state index in [1.165, 1.54) is 6.20 Å². The maximum atomic E-state index is 13.7. The molecule has 1 aliphatic heterocycles. The molecule has 1 aromatic rings. The summed E-state index contributed by atoms with van der Waals surface area (Å²) in [6, 6.07) is 0. The molecule has 18 heavy (non-hydrogen) atoms. The normalized spacial score (nSPS) is 16.9. The molecular weight excluding hydrogens is 235 g/mol. The van der Waals surface area contributed by atoms with Crippen molar-refractivity contribution in [1.82, 2.24) is 9.97 Å². The fourth-order valence-electron chi connectivity index (χ4n) is 1.98. The van der Waals surface area contributed by atoms with Gasteiger partial charge < -0.3 is 15.3 Å². The molecule has 5 nitrogen and oxygen atoms in total. The molecular formula is C12H19FN4O. The van der Waals surface area contributed by atoms with E-state index in [4.69, 9.17) is 0 Å². The Labute approximate surface area is 106 Å². The van der Waals surface area contributed by atoms with Crippen LogP contribution in [-0.2, 0) is 0 Å². The van der Waals surface area contributed by atoms with E-state index >= 15 is 0 Å². The highest BCUT2D eigenvalue weighted by molar-refractivity contribution is 5.44. The molecule has 0 aliphatic carbocycles. The van der Waals surface area contributed by atoms with Crippen molar-refractivity contribution in [2.75, 3.05) is 29.9 Å². The van der Waals surface area contributed by atoms with Crippen LogP contribution >= 0.6 is 0 Å². The molecule has 100 valence electrons. The van der Waals surface area contributed by atoms with Crippen LogP contribution in [0.5, 0.6) is 0 Å². The van der Waals surface area contributed by atoms with Gasteiger partial charge in [0, 0.05) is 19.6 Å². The molecule has 0 spiro atoms. The van der Waals surface area contributed by atoms with Gasteiger partial charge in [-0.3, -0.25) is 0 Å². The highest BCUT2D eigenvalue weighted by atomic mass is 19.1. The lowest BCUT2D eigenvalue weighted by molar-refractivity contribution is 0.145. The van der Waals surface area contributed by atoms with Crippen LogP contribution in [-0.4, -0.2) is 40.8 Å². The van der Waals surface area contributed by atoms with E-state index in [0.717, 1.165) is 13.0 Å². The second-order valence-electron chi connectivity index (χ2n) is 4.51. The lowest BCUT2D eigenvalue weighted by atomic mass is 10.1. The Kier molecular flexibility index (Phi) is 4.30. The topological polar surface area (TPSA) is 61.3 Å². The van der Waals surface area contributed by atoms with E-state index in [1.807, 2.05) is 11.8 Å². The zero-order valence-electron chi connectivity index (χ0n) is 10.6. The first-order valence-electron chi connectivity index (χ1n) is 6.40. The number of hydrogen-bond donors (Lipinski definition) is 2.